The Labute approximate surface area is 85.7 Å². The van der Waals surface area contributed by atoms with Crippen molar-refractivity contribution in [2.75, 3.05) is 0 Å². The van der Waals surface area contributed by atoms with Gasteiger partial charge in [-0.2, -0.15) is 0 Å². The Bertz CT molecular complexity index is 207. The van der Waals surface area contributed by atoms with E-state index in [1.165, 1.54) is 12.8 Å². The minimum Gasteiger partial charge on any atom is -0.480 e. The van der Waals surface area contributed by atoms with Crippen molar-refractivity contribution in [2.45, 2.75) is 52.0 Å². The monoisotopic (exact) mass is 199 g/mol. The molecule has 0 heterocycles. The molecule has 0 aromatic heterocycles. The molecular formula is C11H21NO2. The van der Waals surface area contributed by atoms with Gasteiger partial charge < -0.3 is 10.8 Å². The molecule has 0 bridgehead atoms. The van der Waals surface area contributed by atoms with E-state index in [1.807, 2.05) is 0 Å². The van der Waals surface area contributed by atoms with E-state index in [2.05, 4.69) is 13.8 Å². The fourth-order valence-electron chi connectivity index (χ4n) is 2.62. The maximum atomic E-state index is 10.7. The van der Waals surface area contributed by atoms with Crippen molar-refractivity contribution in [1.29, 1.82) is 0 Å². The van der Waals surface area contributed by atoms with Gasteiger partial charge in [-0.1, -0.05) is 26.7 Å². The third-order valence-corrected chi connectivity index (χ3v) is 3.77. The third-order valence-electron chi connectivity index (χ3n) is 3.77. The van der Waals surface area contributed by atoms with Gasteiger partial charge in [0.15, 0.2) is 0 Å². The van der Waals surface area contributed by atoms with Gasteiger partial charge >= 0.3 is 5.97 Å². The first kappa shape index (κ1) is 11.5. The van der Waals surface area contributed by atoms with Crippen molar-refractivity contribution in [3.63, 3.8) is 0 Å². The lowest BCUT2D eigenvalue weighted by Crippen LogP contribution is -2.38. The molecule has 1 rings (SSSR count). The molecule has 3 N–H and O–H groups in total. The molecule has 0 aromatic rings. The summed E-state index contributed by atoms with van der Waals surface area (Å²) in [5.41, 5.74) is 5.81. The number of hydrogen-bond donors (Lipinski definition) is 2. The van der Waals surface area contributed by atoms with Crippen molar-refractivity contribution >= 4 is 5.97 Å². The molecule has 0 saturated heterocycles. The van der Waals surface area contributed by atoms with E-state index in [4.69, 9.17) is 10.8 Å². The zero-order valence-corrected chi connectivity index (χ0v) is 9.12. The van der Waals surface area contributed by atoms with Gasteiger partial charge in [-0.05, 0) is 30.6 Å². The summed E-state index contributed by atoms with van der Waals surface area (Å²) >= 11 is 0. The zero-order valence-electron chi connectivity index (χ0n) is 9.12. The molecular weight excluding hydrogens is 178 g/mol. The van der Waals surface area contributed by atoms with Gasteiger partial charge in [0.25, 0.3) is 0 Å². The molecule has 3 heteroatoms. The molecule has 1 atom stereocenters. The molecule has 0 spiro atoms. The van der Waals surface area contributed by atoms with Gasteiger partial charge in [0.2, 0.25) is 0 Å². The molecule has 0 aromatic carbocycles. The van der Waals surface area contributed by atoms with Crippen LogP contribution in [0.3, 0.4) is 0 Å². The van der Waals surface area contributed by atoms with E-state index in [1.54, 1.807) is 0 Å². The lowest BCUT2D eigenvalue weighted by Gasteiger charge is -2.34. The molecule has 0 radical (unpaired) electrons. The Morgan fingerprint density at radius 3 is 2.29 bits per heavy atom. The lowest BCUT2D eigenvalue weighted by molar-refractivity contribution is -0.139. The molecule has 1 unspecified atom stereocenters. The Kier molecular flexibility index (Phi) is 3.53. The van der Waals surface area contributed by atoms with Gasteiger partial charge in [-0.3, -0.25) is 4.79 Å². The number of carboxylic acids is 1. The smallest absolute Gasteiger partial charge is 0.320 e. The van der Waals surface area contributed by atoms with Crippen LogP contribution in [0.15, 0.2) is 0 Å². The molecule has 1 aliphatic rings. The standard InChI is InChI=1S/C11H21NO2/c1-8(2)11(5-3-4-6-11)7-9(12)10(13)14/h8-9H,3-7,12H2,1-2H3,(H,13,14). The van der Waals surface area contributed by atoms with Crippen molar-refractivity contribution in [3.8, 4) is 0 Å². The SMILES string of the molecule is CC(C)C1(CC(N)C(=O)O)CCCC1. The zero-order chi connectivity index (χ0) is 10.8. The minimum atomic E-state index is -0.864. The number of hydrogen-bond acceptors (Lipinski definition) is 2. The normalized spacial score (nSPS) is 22.6. The van der Waals surface area contributed by atoms with Gasteiger partial charge in [0, 0.05) is 0 Å². The number of rotatable bonds is 4. The summed E-state index contributed by atoms with van der Waals surface area (Å²) in [5.74, 6) is -0.327. The van der Waals surface area contributed by atoms with Crippen LogP contribution in [0.2, 0.25) is 0 Å². The first-order valence-corrected chi connectivity index (χ1v) is 5.46. The molecule has 0 aliphatic heterocycles. The van der Waals surface area contributed by atoms with E-state index < -0.39 is 12.0 Å². The van der Waals surface area contributed by atoms with Gasteiger partial charge in [-0.25, -0.2) is 0 Å². The minimum absolute atomic E-state index is 0.192. The average molecular weight is 199 g/mol. The maximum absolute atomic E-state index is 10.7. The highest BCUT2D eigenvalue weighted by Crippen LogP contribution is 2.47. The molecule has 3 nitrogen and oxygen atoms in total. The fraction of sp³-hybridized carbons (Fsp3) is 0.909. The van der Waals surface area contributed by atoms with E-state index in [0.29, 0.717) is 12.3 Å². The summed E-state index contributed by atoms with van der Waals surface area (Å²) in [7, 11) is 0. The van der Waals surface area contributed by atoms with Crippen LogP contribution in [0.1, 0.15) is 46.0 Å². The van der Waals surface area contributed by atoms with Crippen molar-refractivity contribution in [1.82, 2.24) is 0 Å². The Hall–Kier alpha value is -0.570. The lowest BCUT2D eigenvalue weighted by atomic mass is 9.71. The summed E-state index contributed by atoms with van der Waals surface area (Å²) in [6.07, 6.45) is 5.38. The maximum Gasteiger partial charge on any atom is 0.320 e. The van der Waals surface area contributed by atoms with Crippen molar-refractivity contribution in [3.05, 3.63) is 0 Å². The van der Waals surface area contributed by atoms with Gasteiger partial charge in [-0.15, -0.1) is 0 Å². The van der Waals surface area contributed by atoms with Crippen molar-refractivity contribution in [2.24, 2.45) is 17.1 Å². The predicted molar refractivity (Wildman–Crippen MR) is 56.0 cm³/mol. The van der Waals surface area contributed by atoms with Crippen molar-refractivity contribution < 1.29 is 9.90 Å². The van der Waals surface area contributed by atoms with Crippen LogP contribution >= 0.6 is 0 Å². The predicted octanol–water partition coefficient (Wildman–Crippen LogP) is 2.00. The summed E-state index contributed by atoms with van der Waals surface area (Å²) in [6.45, 7) is 4.36. The molecule has 0 amide bonds. The Morgan fingerprint density at radius 1 is 1.43 bits per heavy atom. The summed E-state index contributed by atoms with van der Waals surface area (Å²) in [6, 6.07) is -0.685. The fourth-order valence-corrected chi connectivity index (χ4v) is 2.62. The van der Waals surface area contributed by atoms with Crippen LogP contribution in [-0.4, -0.2) is 17.1 Å². The number of nitrogens with two attached hydrogens (primary N) is 1. The van der Waals surface area contributed by atoms with Crippen LogP contribution in [-0.2, 0) is 4.79 Å². The molecule has 1 saturated carbocycles. The quantitative estimate of drug-likeness (QED) is 0.728. The summed E-state index contributed by atoms with van der Waals surface area (Å²) in [5, 5.41) is 8.81. The first-order chi connectivity index (χ1) is 6.48. The largest absolute Gasteiger partial charge is 0.480 e. The van der Waals surface area contributed by atoms with Crippen LogP contribution < -0.4 is 5.73 Å². The Morgan fingerprint density at radius 2 is 1.93 bits per heavy atom. The topological polar surface area (TPSA) is 63.3 Å². The van der Waals surface area contributed by atoms with Crippen LogP contribution in [0.4, 0.5) is 0 Å². The van der Waals surface area contributed by atoms with Gasteiger partial charge in [0.05, 0.1) is 0 Å². The van der Waals surface area contributed by atoms with E-state index in [-0.39, 0.29) is 5.41 Å². The summed E-state index contributed by atoms with van der Waals surface area (Å²) < 4.78 is 0. The summed E-state index contributed by atoms with van der Waals surface area (Å²) in [4.78, 5) is 10.7. The van der Waals surface area contributed by atoms with E-state index >= 15 is 0 Å². The Balaban J connectivity index is 2.65. The highest BCUT2D eigenvalue weighted by Gasteiger charge is 2.39. The number of carboxylic acid groups (broad SMARTS) is 1. The van der Waals surface area contributed by atoms with Gasteiger partial charge in [0.1, 0.15) is 6.04 Å². The van der Waals surface area contributed by atoms with Crippen LogP contribution in [0.5, 0.6) is 0 Å². The second kappa shape index (κ2) is 4.30. The molecule has 1 aliphatic carbocycles. The first-order valence-electron chi connectivity index (χ1n) is 5.46. The second-order valence-electron chi connectivity index (χ2n) is 4.87. The number of carbonyl (C=O) groups is 1. The second-order valence-corrected chi connectivity index (χ2v) is 4.87. The number of aliphatic carboxylic acids is 1. The highest BCUT2D eigenvalue weighted by molar-refractivity contribution is 5.73. The highest BCUT2D eigenvalue weighted by atomic mass is 16.4. The molecule has 14 heavy (non-hydrogen) atoms. The van der Waals surface area contributed by atoms with Crippen LogP contribution in [0.25, 0.3) is 0 Å². The van der Waals surface area contributed by atoms with Crippen LogP contribution in [0, 0.1) is 11.3 Å². The average Bonchev–Trinajstić information content (AvgIpc) is 2.53. The third kappa shape index (κ3) is 2.27. The van der Waals surface area contributed by atoms with E-state index in [9.17, 15) is 4.79 Å². The van der Waals surface area contributed by atoms with E-state index in [0.717, 1.165) is 12.8 Å². The molecule has 82 valence electrons. The molecule has 1 fully saturated rings.